The van der Waals surface area contributed by atoms with Crippen LogP contribution in [-0.2, 0) is 17.5 Å². The second-order valence-electron chi connectivity index (χ2n) is 7.26. The average Bonchev–Trinajstić information content (AvgIpc) is 2.75. The van der Waals surface area contributed by atoms with Gasteiger partial charge < -0.3 is 9.80 Å². The van der Waals surface area contributed by atoms with E-state index >= 15 is 0 Å². The van der Waals surface area contributed by atoms with Gasteiger partial charge in [-0.05, 0) is 36.4 Å². The Labute approximate surface area is 180 Å². The summed E-state index contributed by atoms with van der Waals surface area (Å²) >= 11 is 5.95. The molecule has 0 N–H and O–H groups in total. The quantitative estimate of drug-likeness (QED) is 0.613. The Morgan fingerprint density at radius 3 is 2.52 bits per heavy atom. The van der Waals surface area contributed by atoms with E-state index in [-0.39, 0.29) is 18.0 Å². The minimum absolute atomic E-state index is 0.169. The van der Waals surface area contributed by atoms with Gasteiger partial charge in [0, 0.05) is 36.9 Å². The number of halogens is 4. The number of fused-ring (bicyclic) bond motifs is 1. The Morgan fingerprint density at radius 2 is 1.81 bits per heavy atom. The largest absolute Gasteiger partial charge is 0.416 e. The van der Waals surface area contributed by atoms with Crippen LogP contribution in [0.5, 0.6) is 0 Å². The maximum Gasteiger partial charge on any atom is 0.416 e. The van der Waals surface area contributed by atoms with Crippen LogP contribution in [0.25, 0.3) is 10.9 Å². The molecule has 6 nitrogen and oxygen atoms in total. The van der Waals surface area contributed by atoms with Gasteiger partial charge in [-0.3, -0.25) is 14.2 Å². The number of carbonyl (C=O) groups excluding carboxylic acids is 1. The third-order valence-electron chi connectivity index (χ3n) is 5.26. The van der Waals surface area contributed by atoms with Crippen LogP contribution in [-0.4, -0.2) is 46.5 Å². The highest BCUT2D eigenvalue weighted by molar-refractivity contribution is 6.31. The highest BCUT2D eigenvalue weighted by atomic mass is 35.5. The Bertz CT molecular complexity index is 1190. The molecule has 0 aliphatic carbocycles. The second kappa shape index (κ2) is 8.22. The van der Waals surface area contributed by atoms with Crippen LogP contribution < -0.4 is 10.5 Å². The first kappa shape index (κ1) is 21.2. The molecule has 2 aromatic carbocycles. The van der Waals surface area contributed by atoms with E-state index in [1.165, 1.54) is 23.0 Å². The number of benzene rings is 2. The molecule has 0 atom stereocenters. The minimum Gasteiger partial charge on any atom is -0.368 e. The monoisotopic (exact) mass is 450 g/mol. The molecule has 1 saturated heterocycles. The first-order valence-electron chi connectivity index (χ1n) is 9.57. The van der Waals surface area contributed by atoms with E-state index in [0.29, 0.717) is 47.8 Å². The average molecular weight is 451 g/mol. The summed E-state index contributed by atoms with van der Waals surface area (Å²) in [6.45, 7) is 1.31. The molecule has 4 rings (SSSR count). The summed E-state index contributed by atoms with van der Waals surface area (Å²) in [6.07, 6.45) is -3.07. The lowest BCUT2D eigenvalue weighted by molar-refractivity contribution is -0.137. The number of hydrogen-bond acceptors (Lipinski definition) is 4. The number of amides is 1. The summed E-state index contributed by atoms with van der Waals surface area (Å²) in [5, 5.41) is 0.735. The Balaban J connectivity index is 1.43. The molecule has 1 fully saturated rings. The van der Waals surface area contributed by atoms with Crippen molar-refractivity contribution in [3.63, 3.8) is 0 Å². The van der Waals surface area contributed by atoms with E-state index in [2.05, 4.69) is 4.98 Å². The van der Waals surface area contributed by atoms with Crippen molar-refractivity contribution < 1.29 is 18.0 Å². The van der Waals surface area contributed by atoms with Crippen LogP contribution in [0.15, 0.2) is 53.6 Å². The van der Waals surface area contributed by atoms with E-state index in [4.69, 9.17) is 11.6 Å². The number of nitrogens with zero attached hydrogens (tertiary/aromatic N) is 4. The third-order valence-corrected chi connectivity index (χ3v) is 5.50. The summed E-state index contributed by atoms with van der Waals surface area (Å²) in [7, 11) is 0. The summed E-state index contributed by atoms with van der Waals surface area (Å²) in [4.78, 5) is 32.9. The van der Waals surface area contributed by atoms with Crippen LogP contribution >= 0.6 is 11.6 Å². The maximum atomic E-state index is 13.0. The van der Waals surface area contributed by atoms with E-state index in [1.807, 2.05) is 4.90 Å². The van der Waals surface area contributed by atoms with Gasteiger partial charge in [0.2, 0.25) is 5.91 Å². The number of aromatic nitrogens is 2. The normalized spacial score (nSPS) is 14.8. The van der Waals surface area contributed by atoms with Crippen LogP contribution in [0.3, 0.4) is 0 Å². The molecule has 1 aliphatic heterocycles. The molecule has 31 heavy (non-hydrogen) atoms. The van der Waals surface area contributed by atoms with Crippen molar-refractivity contribution in [2.24, 2.45) is 0 Å². The van der Waals surface area contributed by atoms with Gasteiger partial charge in [-0.1, -0.05) is 17.7 Å². The molecule has 3 aromatic rings. The number of hydrogen-bond donors (Lipinski definition) is 0. The van der Waals surface area contributed by atoms with E-state index in [0.717, 1.165) is 12.1 Å². The molecule has 10 heteroatoms. The molecule has 0 saturated carbocycles. The van der Waals surface area contributed by atoms with Gasteiger partial charge in [-0.15, -0.1) is 0 Å². The molecule has 1 aliphatic rings. The smallest absolute Gasteiger partial charge is 0.368 e. The number of anilines is 1. The van der Waals surface area contributed by atoms with Crippen LogP contribution in [0.4, 0.5) is 18.9 Å². The zero-order chi connectivity index (χ0) is 22.2. The molecule has 2 heterocycles. The van der Waals surface area contributed by atoms with Gasteiger partial charge in [0.1, 0.15) is 6.54 Å². The molecule has 0 unspecified atom stereocenters. The SMILES string of the molecule is O=C(Cn1cnc2ccc(Cl)cc2c1=O)N1CCN(c2cccc(C(F)(F)F)c2)CC1. The molecule has 1 amide bonds. The van der Waals surface area contributed by atoms with Crippen molar-refractivity contribution in [1.82, 2.24) is 14.5 Å². The third kappa shape index (κ3) is 4.51. The Morgan fingerprint density at radius 1 is 1.06 bits per heavy atom. The van der Waals surface area contributed by atoms with Gasteiger partial charge in [0.05, 0.1) is 22.8 Å². The first-order valence-corrected chi connectivity index (χ1v) is 9.95. The number of carbonyl (C=O) groups is 1. The van der Waals surface area contributed by atoms with Gasteiger partial charge >= 0.3 is 6.18 Å². The summed E-state index contributed by atoms with van der Waals surface area (Å²) in [6, 6.07) is 9.93. The number of alkyl halides is 3. The van der Waals surface area contributed by atoms with E-state index < -0.39 is 11.7 Å². The fourth-order valence-electron chi connectivity index (χ4n) is 3.58. The topological polar surface area (TPSA) is 58.4 Å². The zero-order valence-electron chi connectivity index (χ0n) is 16.3. The maximum absolute atomic E-state index is 13.0. The summed E-state index contributed by atoms with van der Waals surface area (Å²) in [5.74, 6) is -0.256. The number of piperazine rings is 1. The van der Waals surface area contributed by atoms with Gasteiger partial charge in [-0.25, -0.2) is 4.98 Å². The van der Waals surface area contributed by atoms with Crippen molar-refractivity contribution in [3.8, 4) is 0 Å². The Kier molecular flexibility index (Phi) is 5.62. The van der Waals surface area contributed by atoms with E-state index in [9.17, 15) is 22.8 Å². The molecular weight excluding hydrogens is 433 g/mol. The predicted molar refractivity (Wildman–Crippen MR) is 111 cm³/mol. The van der Waals surface area contributed by atoms with Crippen LogP contribution in [0.1, 0.15) is 5.56 Å². The van der Waals surface area contributed by atoms with E-state index in [1.54, 1.807) is 23.1 Å². The zero-order valence-corrected chi connectivity index (χ0v) is 17.0. The van der Waals surface area contributed by atoms with Crippen molar-refractivity contribution in [1.29, 1.82) is 0 Å². The minimum atomic E-state index is -4.40. The predicted octanol–water partition coefficient (Wildman–Crippen LogP) is 3.42. The van der Waals surface area contributed by atoms with Gasteiger partial charge in [0.25, 0.3) is 5.56 Å². The van der Waals surface area contributed by atoms with Gasteiger partial charge in [-0.2, -0.15) is 13.2 Å². The van der Waals surface area contributed by atoms with Crippen molar-refractivity contribution >= 4 is 34.1 Å². The molecule has 162 valence electrons. The fourth-order valence-corrected chi connectivity index (χ4v) is 3.75. The standard InChI is InChI=1S/C21H18ClF3N4O2/c22-15-4-5-18-17(11-15)20(31)29(13-26-18)12-19(30)28-8-6-27(7-9-28)16-3-1-2-14(10-16)21(23,24)25/h1-5,10-11,13H,6-9,12H2. The lowest BCUT2D eigenvalue weighted by atomic mass is 10.1. The highest BCUT2D eigenvalue weighted by Gasteiger charge is 2.31. The van der Waals surface area contributed by atoms with Crippen molar-refractivity contribution in [2.45, 2.75) is 12.7 Å². The number of rotatable bonds is 3. The lowest BCUT2D eigenvalue weighted by Gasteiger charge is -2.36. The van der Waals surface area contributed by atoms with Gasteiger partial charge in [0.15, 0.2) is 0 Å². The summed E-state index contributed by atoms with van der Waals surface area (Å²) in [5.41, 5.74) is -0.100. The fraction of sp³-hybridized carbons (Fsp3) is 0.286. The summed E-state index contributed by atoms with van der Waals surface area (Å²) < 4.78 is 40.1. The molecule has 0 radical (unpaired) electrons. The second-order valence-corrected chi connectivity index (χ2v) is 7.69. The van der Waals surface area contributed by atoms with Crippen molar-refractivity contribution in [2.75, 3.05) is 31.1 Å². The molecule has 0 spiro atoms. The van der Waals surface area contributed by atoms with Crippen molar-refractivity contribution in [3.05, 3.63) is 69.7 Å². The van der Waals surface area contributed by atoms with Crippen LogP contribution in [0, 0.1) is 0 Å². The molecular formula is C21H18ClF3N4O2. The van der Waals surface area contributed by atoms with Crippen LogP contribution in [0.2, 0.25) is 5.02 Å². The molecule has 0 bridgehead atoms. The lowest BCUT2D eigenvalue weighted by Crippen LogP contribution is -2.50. The molecule has 1 aromatic heterocycles. The first-order chi connectivity index (χ1) is 14.7. The highest BCUT2D eigenvalue weighted by Crippen LogP contribution is 2.31. The Hall–Kier alpha value is -3.07.